The van der Waals surface area contributed by atoms with Crippen molar-refractivity contribution in [3.63, 3.8) is 0 Å². The molecule has 0 radical (unpaired) electrons. The third-order valence-corrected chi connectivity index (χ3v) is 3.48. The van der Waals surface area contributed by atoms with Crippen LogP contribution < -0.4 is 0 Å². The third kappa shape index (κ3) is 3.38. The molecule has 6 heteroatoms. The first-order chi connectivity index (χ1) is 9.06. The van der Waals surface area contributed by atoms with Gasteiger partial charge in [0, 0.05) is 19.2 Å². The molecule has 5 nitrogen and oxygen atoms in total. The van der Waals surface area contributed by atoms with Crippen molar-refractivity contribution in [1.29, 1.82) is 0 Å². The quantitative estimate of drug-likeness (QED) is 0.866. The Kier molecular flexibility index (Phi) is 3.91. The summed E-state index contributed by atoms with van der Waals surface area (Å²) in [5.74, 6) is -1.50. The van der Waals surface area contributed by atoms with Crippen molar-refractivity contribution in [3.8, 4) is 0 Å². The number of hydrogen-bond acceptors (Lipinski definition) is 4. The lowest BCUT2D eigenvalue weighted by Gasteiger charge is -2.12. The topological polar surface area (TPSA) is 70.5 Å². The van der Waals surface area contributed by atoms with Crippen LogP contribution in [0.3, 0.4) is 0 Å². The Morgan fingerprint density at radius 3 is 2.79 bits per heavy atom. The number of hydrogen-bond donors (Lipinski definition) is 1. The third-order valence-electron chi connectivity index (χ3n) is 2.46. The molecule has 0 saturated carbocycles. The lowest BCUT2D eigenvalue weighted by molar-refractivity contribution is -0.132. The van der Waals surface area contributed by atoms with Gasteiger partial charge in [0.2, 0.25) is 5.91 Å². The molecular weight excluding hydrogens is 264 g/mol. The number of aliphatic carboxylic acids is 1. The Bertz CT molecular complexity index is 615. The summed E-state index contributed by atoms with van der Waals surface area (Å²) in [4.78, 5) is 27.8. The summed E-state index contributed by atoms with van der Waals surface area (Å²) in [7, 11) is 1.61. The number of amides is 1. The monoisotopic (exact) mass is 276 g/mol. The molecule has 1 N–H and O–H groups in total. The van der Waals surface area contributed by atoms with E-state index in [0.29, 0.717) is 6.54 Å². The van der Waals surface area contributed by atoms with Gasteiger partial charge in [-0.25, -0.2) is 9.78 Å². The summed E-state index contributed by atoms with van der Waals surface area (Å²) in [6.07, 6.45) is 1.87. The first-order valence-electron chi connectivity index (χ1n) is 5.57. The van der Waals surface area contributed by atoms with Crippen LogP contribution in [0.1, 0.15) is 5.01 Å². The van der Waals surface area contributed by atoms with E-state index in [0.717, 1.165) is 27.4 Å². The van der Waals surface area contributed by atoms with Crippen molar-refractivity contribution in [2.45, 2.75) is 6.54 Å². The molecule has 2 aromatic rings. The molecular formula is C13H12N2O3S. The molecule has 2 rings (SSSR count). The molecule has 0 aliphatic carbocycles. The van der Waals surface area contributed by atoms with E-state index in [-0.39, 0.29) is 5.91 Å². The molecule has 0 aliphatic rings. The van der Waals surface area contributed by atoms with Crippen molar-refractivity contribution < 1.29 is 14.7 Å². The summed E-state index contributed by atoms with van der Waals surface area (Å²) >= 11 is 1.52. The zero-order valence-corrected chi connectivity index (χ0v) is 11.1. The predicted octanol–water partition coefficient (Wildman–Crippen LogP) is 1.90. The van der Waals surface area contributed by atoms with Gasteiger partial charge in [0.25, 0.3) is 0 Å². The van der Waals surface area contributed by atoms with Crippen molar-refractivity contribution >= 4 is 33.4 Å². The second-order valence-electron chi connectivity index (χ2n) is 3.94. The maximum atomic E-state index is 11.6. The van der Waals surface area contributed by atoms with Crippen molar-refractivity contribution in [3.05, 3.63) is 41.4 Å². The minimum absolute atomic E-state index is 0.360. The minimum atomic E-state index is -1.14. The second-order valence-corrected chi connectivity index (χ2v) is 5.06. The highest BCUT2D eigenvalue weighted by atomic mass is 32.1. The zero-order valence-electron chi connectivity index (χ0n) is 10.2. The maximum absolute atomic E-state index is 11.6. The molecule has 1 amide bonds. The average molecular weight is 276 g/mol. The van der Waals surface area contributed by atoms with Crippen molar-refractivity contribution in [1.82, 2.24) is 9.88 Å². The number of nitrogens with zero attached hydrogens (tertiary/aromatic N) is 2. The van der Waals surface area contributed by atoms with E-state index in [2.05, 4.69) is 4.98 Å². The highest BCUT2D eigenvalue weighted by Crippen LogP contribution is 2.22. The number of fused-ring (bicyclic) bond motifs is 1. The van der Waals surface area contributed by atoms with E-state index in [9.17, 15) is 9.59 Å². The normalized spacial score (nSPS) is 11.0. The fourth-order valence-electron chi connectivity index (χ4n) is 1.54. The predicted molar refractivity (Wildman–Crippen MR) is 72.9 cm³/mol. The number of carbonyl (C=O) groups is 2. The Balaban J connectivity index is 2.07. The number of likely N-dealkylation sites (N-methyl/N-ethyl adjacent to an activating group) is 1. The Morgan fingerprint density at radius 1 is 1.37 bits per heavy atom. The molecule has 0 atom stereocenters. The molecule has 98 valence electrons. The molecule has 1 aromatic heterocycles. The first-order valence-corrected chi connectivity index (χ1v) is 6.38. The molecule has 19 heavy (non-hydrogen) atoms. The van der Waals surface area contributed by atoms with Gasteiger partial charge < -0.3 is 10.0 Å². The van der Waals surface area contributed by atoms with Gasteiger partial charge in [0.05, 0.1) is 16.8 Å². The van der Waals surface area contributed by atoms with Crippen LogP contribution in [0.5, 0.6) is 0 Å². The van der Waals surface area contributed by atoms with Crippen LogP contribution in [-0.2, 0) is 16.1 Å². The van der Waals surface area contributed by atoms with Gasteiger partial charge in [0.15, 0.2) is 0 Å². The smallest absolute Gasteiger partial charge is 0.328 e. The van der Waals surface area contributed by atoms with Gasteiger partial charge in [-0.1, -0.05) is 12.1 Å². The fraction of sp³-hybridized carbons (Fsp3) is 0.154. The summed E-state index contributed by atoms with van der Waals surface area (Å²) in [5.41, 5.74) is 0.907. The molecule has 1 aromatic carbocycles. The van der Waals surface area contributed by atoms with Gasteiger partial charge in [0.1, 0.15) is 5.01 Å². The Labute approximate surface area is 113 Å². The minimum Gasteiger partial charge on any atom is -0.478 e. The number of benzene rings is 1. The Morgan fingerprint density at radius 2 is 2.11 bits per heavy atom. The second kappa shape index (κ2) is 5.62. The summed E-state index contributed by atoms with van der Waals surface area (Å²) in [6.45, 7) is 0.363. The van der Waals surface area contributed by atoms with Crippen LogP contribution in [0.15, 0.2) is 36.4 Å². The molecule has 0 fully saturated rings. The number of para-hydroxylation sites is 1. The van der Waals surface area contributed by atoms with Crippen LogP contribution in [0.2, 0.25) is 0 Å². The molecule has 0 spiro atoms. The first kappa shape index (κ1) is 13.2. The van der Waals surface area contributed by atoms with Crippen LogP contribution in [0, 0.1) is 0 Å². The lowest BCUT2D eigenvalue weighted by atomic mass is 10.3. The van der Waals surface area contributed by atoms with E-state index in [4.69, 9.17) is 5.11 Å². The van der Waals surface area contributed by atoms with E-state index in [1.165, 1.54) is 16.2 Å². The van der Waals surface area contributed by atoms with E-state index in [1.807, 2.05) is 24.3 Å². The van der Waals surface area contributed by atoms with Crippen molar-refractivity contribution in [2.75, 3.05) is 7.05 Å². The number of aromatic nitrogens is 1. The van der Waals surface area contributed by atoms with Crippen LogP contribution >= 0.6 is 11.3 Å². The van der Waals surface area contributed by atoms with E-state index >= 15 is 0 Å². The standard InChI is InChI=1S/C13H12N2O3S/c1-15(12(16)6-7-13(17)18)8-11-14-9-4-2-3-5-10(9)19-11/h2-7H,8H2,1H3,(H,17,18)/b7-6+. The summed E-state index contributed by atoms with van der Waals surface area (Å²) in [5, 5.41) is 9.28. The molecule has 0 aliphatic heterocycles. The fourth-order valence-corrected chi connectivity index (χ4v) is 2.56. The van der Waals surface area contributed by atoms with E-state index in [1.54, 1.807) is 7.05 Å². The van der Waals surface area contributed by atoms with Gasteiger partial charge in [-0.05, 0) is 12.1 Å². The molecule has 1 heterocycles. The van der Waals surface area contributed by atoms with Gasteiger partial charge >= 0.3 is 5.97 Å². The van der Waals surface area contributed by atoms with Crippen LogP contribution in [0.25, 0.3) is 10.2 Å². The summed E-state index contributed by atoms with van der Waals surface area (Å²) in [6, 6.07) is 7.75. The number of carboxylic acids is 1. The maximum Gasteiger partial charge on any atom is 0.328 e. The largest absolute Gasteiger partial charge is 0.478 e. The van der Waals surface area contributed by atoms with Gasteiger partial charge in [-0.2, -0.15) is 0 Å². The molecule has 0 bridgehead atoms. The summed E-state index contributed by atoms with van der Waals surface area (Å²) < 4.78 is 1.07. The van der Waals surface area contributed by atoms with Gasteiger partial charge in [-0.15, -0.1) is 11.3 Å². The highest BCUT2D eigenvalue weighted by Gasteiger charge is 2.10. The Hall–Kier alpha value is -2.21. The number of carbonyl (C=O) groups excluding carboxylic acids is 1. The highest BCUT2D eigenvalue weighted by molar-refractivity contribution is 7.18. The SMILES string of the molecule is CN(Cc1nc2ccccc2s1)C(=O)/C=C/C(=O)O. The molecule has 0 unspecified atom stereocenters. The van der Waals surface area contributed by atoms with Crippen molar-refractivity contribution in [2.24, 2.45) is 0 Å². The average Bonchev–Trinajstić information content (AvgIpc) is 2.77. The number of carboxylic acid groups (broad SMARTS) is 1. The number of rotatable bonds is 4. The number of thiazole rings is 1. The zero-order chi connectivity index (χ0) is 13.8. The molecule has 0 saturated heterocycles. The lowest BCUT2D eigenvalue weighted by Crippen LogP contribution is -2.24. The van der Waals surface area contributed by atoms with Crippen LogP contribution in [0.4, 0.5) is 0 Å². The van der Waals surface area contributed by atoms with E-state index < -0.39 is 5.97 Å². The van der Waals surface area contributed by atoms with Crippen LogP contribution in [-0.4, -0.2) is 33.9 Å². The van der Waals surface area contributed by atoms with Gasteiger partial charge in [-0.3, -0.25) is 4.79 Å².